The van der Waals surface area contributed by atoms with E-state index in [0.717, 1.165) is 47.9 Å². The SMILES string of the molecule is Cc1ccc2nc(N(/N=C/c3coc4ccccc4c3=O)C(=O)C3CCCCC3)sc2c1. The lowest BCUT2D eigenvalue weighted by Gasteiger charge is -2.24. The Morgan fingerprint density at radius 3 is 2.84 bits per heavy atom. The Bertz CT molecular complexity index is 1380. The summed E-state index contributed by atoms with van der Waals surface area (Å²) >= 11 is 1.43. The van der Waals surface area contributed by atoms with Crippen molar-refractivity contribution in [1.82, 2.24) is 4.98 Å². The highest BCUT2D eigenvalue weighted by molar-refractivity contribution is 7.22. The van der Waals surface area contributed by atoms with E-state index >= 15 is 0 Å². The standard InChI is InChI=1S/C25H23N3O3S/c1-16-11-12-20-22(13-16)32-25(27-20)28(24(30)17-7-3-2-4-8-17)26-14-18-15-31-21-10-6-5-9-19(21)23(18)29/h5-6,9-15,17H,2-4,7-8H2,1H3/b26-14+. The van der Waals surface area contributed by atoms with E-state index in [-0.39, 0.29) is 17.3 Å². The van der Waals surface area contributed by atoms with Gasteiger partial charge in [-0.1, -0.05) is 48.8 Å². The molecule has 0 bridgehead atoms. The van der Waals surface area contributed by atoms with Crippen LogP contribution < -0.4 is 10.4 Å². The zero-order valence-electron chi connectivity index (χ0n) is 17.8. The number of amides is 1. The summed E-state index contributed by atoms with van der Waals surface area (Å²) < 4.78 is 6.59. The molecule has 0 atom stereocenters. The number of hydrogen-bond acceptors (Lipinski definition) is 6. The molecule has 1 aliphatic carbocycles. The number of hydrogen-bond donors (Lipinski definition) is 0. The van der Waals surface area contributed by atoms with E-state index in [4.69, 9.17) is 4.42 Å². The van der Waals surface area contributed by atoms with Crippen LogP contribution in [-0.4, -0.2) is 17.1 Å². The number of thiazole rings is 1. The summed E-state index contributed by atoms with van der Waals surface area (Å²) in [5, 5.41) is 6.85. The molecule has 0 spiro atoms. The van der Waals surface area contributed by atoms with Crippen molar-refractivity contribution < 1.29 is 9.21 Å². The first kappa shape index (κ1) is 20.6. The summed E-state index contributed by atoms with van der Waals surface area (Å²) in [6.45, 7) is 2.03. The lowest BCUT2D eigenvalue weighted by atomic mass is 9.88. The van der Waals surface area contributed by atoms with E-state index in [1.807, 2.05) is 25.1 Å². The van der Waals surface area contributed by atoms with Gasteiger partial charge in [0.05, 0.1) is 27.4 Å². The van der Waals surface area contributed by atoms with Crippen LogP contribution in [0.2, 0.25) is 0 Å². The quantitative estimate of drug-likeness (QED) is 0.300. The first-order valence-corrected chi connectivity index (χ1v) is 11.7. The fourth-order valence-corrected chi connectivity index (χ4v) is 5.16. The smallest absolute Gasteiger partial charge is 0.252 e. The number of benzene rings is 2. The van der Waals surface area contributed by atoms with Crippen LogP contribution in [0.3, 0.4) is 0 Å². The third-order valence-corrected chi connectivity index (χ3v) is 6.89. The molecule has 1 fully saturated rings. The molecule has 1 saturated carbocycles. The third kappa shape index (κ3) is 3.96. The van der Waals surface area contributed by atoms with Gasteiger partial charge in [-0.25, -0.2) is 4.98 Å². The van der Waals surface area contributed by atoms with Crippen molar-refractivity contribution in [1.29, 1.82) is 0 Å². The van der Waals surface area contributed by atoms with Gasteiger partial charge in [-0.3, -0.25) is 9.59 Å². The van der Waals surface area contributed by atoms with Gasteiger partial charge in [0.1, 0.15) is 11.8 Å². The van der Waals surface area contributed by atoms with Gasteiger partial charge >= 0.3 is 0 Å². The zero-order valence-corrected chi connectivity index (χ0v) is 18.6. The van der Waals surface area contributed by atoms with Gasteiger partial charge in [-0.2, -0.15) is 10.1 Å². The maximum Gasteiger partial charge on any atom is 0.252 e. The highest BCUT2D eigenvalue weighted by Crippen LogP contribution is 2.33. The number of fused-ring (bicyclic) bond motifs is 2. The Balaban J connectivity index is 1.55. The van der Waals surface area contributed by atoms with Gasteiger partial charge in [-0.15, -0.1) is 0 Å². The maximum absolute atomic E-state index is 13.4. The van der Waals surface area contributed by atoms with E-state index in [1.54, 1.807) is 18.2 Å². The lowest BCUT2D eigenvalue weighted by molar-refractivity contribution is -0.123. The van der Waals surface area contributed by atoms with Gasteiger partial charge in [-0.05, 0) is 49.6 Å². The number of nitrogens with zero attached hydrogens (tertiary/aromatic N) is 3. The van der Waals surface area contributed by atoms with Crippen LogP contribution in [-0.2, 0) is 4.79 Å². The van der Waals surface area contributed by atoms with Crippen molar-refractivity contribution >= 4 is 49.8 Å². The number of para-hydroxylation sites is 1. The second-order valence-electron chi connectivity index (χ2n) is 8.21. The molecular weight excluding hydrogens is 422 g/mol. The second kappa shape index (κ2) is 8.67. The monoisotopic (exact) mass is 445 g/mol. The molecule has 1 aliphatic rings. The number of rotatable bonds is 4. The summed E-state index contributed by atoms with van der Waals surface area (Å²) in [4.78, 5) is 31.0. The van der Waals surface area contributed by atoms with Crippen molar-refractivity contribution in [3.05, 3.63) is 70.1 Å². The molecule has 2 heterocycles. The normalized spacial score (nSPS) is 15.0. The van der Waals surface area contributed by atoms with E-state index in [0.29, 0.717) is 21.7 Å². The molecular formula is C25H23N3O3S. The molecule has 162 valence electrons. The molecule has 0 radical (unpaired) electrons. The number of aromatic nitrogens is 1. The van der Waals surface area contributed by atoms with Gasteiger partial charge in [0.25, 0.3) is 5.91 Å². The van der Waals surface area contributed by atoms with Gasteiger partial charge in [0.2, 0.25) is 10.6 Å². The summed E-state index contributed by atoms with van der Waals surface area (Å²) in [5.74, 6) is -0.149. The largest absolute Gasteiger partial charge is 0.463 e. The molecule has 0 N–H and O–H groups in total. The Morgan fingerprint density at radius 2 is 2.00 bits per heavy atom. The third-order valence-electron chi connectivity index (χ3n) is 5.90. The minimum Gasteiger partial charge on any atom is -0.463 e. The van der Waals surface area contributed by atoms with E-state index in [2.05, 4.69) is 16.2 Å². The summed E-state index contributed by atoms with van der Waals surface area (Å²) in [6, 6.07) is 13.1. The average molecular weight is 446 g/mol. The highest BCUT2D eigenvalue weighted by Gasteiger charge is 2.29. The number of carbonyl (C=O) groups excluding carboxylic acids is 1. The van der Waals surface area contributed by atoms with Crippen LogP contribution in [0, 0.1) is 12.8 Å². The van der Waals surface area contributed by atoms with Gasteiger partial charge in [0.15, 0.2) is 0 Å². The van der Waals surface area contributed by atoms with E-state index < -0.39 is 0 Å². The Hall–Kier alpha value is -3.32. The fourth-order valence-electron chi connectivity index (χ4n) is 4.14. The molecule has 2 aromatic carbocycles. The second-order valence-corrected chi connectivity index (χ2v) is 9.22. The number of carbonyl (C=O) groups is 1. The van der Waals surface area contributed by atoms with Crippen LogP contribution in [0.15, 0.2) is 63.0 Å². The zero-order chi connectivity index (χ0) is 22.1. The Labute approximate surface area is 189 Å². The molecule has 6 nitrogen and oxygen atoms in total. The van der Waals surface area contributed by atoms with Crippen LogP contribution in [0.1, 0.15) is 43.2 Å². The van der Waals surface area contributed by atoms with E-state index in [9.17, 15) is 9.59 Å². The minimum atomic E-state index is -0.180. The summed E-state index contributed by atoms with van der Waals surface area (Å²) in [7, 11) is 0. The maximum atomic E-state index is 13.4. The summed E-state index contributed by atoms with van der Waals surface area (Å²) in [6.07, 6.45) is 7.75. The van der Waals surface area contributed by atoms with Crippen molar-refractivity contribution in [3.8, 4) is 0 Å². The predicted octanol–water partition coefficient (Wildman–Crippen LogP) is 5.66. The van der Waals surface area contributed by atoms with Gasteiger partial charge < -0.3 is 4.42 Å². The predicted molar refractivity (Wildman–Crippen MR) is 128 cm³/mol. The first-order chi connectivity index (χ1) is 15.6. The number of anilines is 1. The number of hydrazone groups is 1. The molecule has 2 aromatic heterocycles. The molecule has 7 heteroatoms. The molecule has 0 unspecified atom stereocenters. The Kier molecular flexibility index (Phi) is 5.57. The first-order valence-electron chi connectivity index (χ1n) is 10.9. The molecule has 32 heavy (non-hydrogen) atoms. The average Bonchev–Trinajstić information content (AvgIpc) is 3.24. The van der Waals surface area contributed by atoms with Crippen LogP contribution in [0.4, 0.5) is 5.13 Å². The van der Waals surface area contributed by atoms with Crippen molar-refractivity contribution in [3.63, 3.8) is 0 Å². The minimum absolute atomic E-state index is 0.0677. The Morgan fingerprint density at radius 1 is 1.19 bits per heavy atom. The van der Waals surface area contributed by atoms with Crippen molar-refractivity contribution in [2.75, 3.05) is 5.01 Å². The highest BCUT2D eigenvalue weighted by atomic mass is 32.1. The fraction of sp³-hybridized carbons (Fsp3) is 0.280. The number of aryl methyl sites for hydroxylation is 1. The van der Waals surface area contributed by atoms with Crippen LogP contribution >= 0.6 is 11.3 Å². The topological polar surface area (TPSA) is 75.8 Å². The molecule has 0 aliphatic heterocycles. The van der Waals surface area contributed by atoms with Gasteiger partial charge in [0, 0.05) is 5.92 Å². The van der Waals surface area contributed by atoms with E-state index in [1.165, 1.54) is 28.8 Å². The van der Waals surface area contributed by atoms with Crippen molar-refractivity contribution in [2.24, 2.45) is 11.0 Å². The molecule has 1 amide bonds. The van der Waals surface area contributed by atoms with Crippen LogP contribution in [0.5, 0.6) is 0 Å². The molecule has 4 aromatic rings. The summed E-state index contributed by atoms with van der Waals surface area (Å²) in [5.41, 5.74) is 2.60. The lowest BCUT2D eigenvalue weighted by Crippen LogP contribution is -2.33. The molecule has 0 saturated heterocycles. The van der Waals surface area contributed by atoms with Crippen LogP contribution in [0.25, 0.3) is 21.2 Å². The van der Waals surface area contributed by atoms with Crippen molar-refractivity contribution in [2.45, 2.75) is 39.0 Å². The molecule has 5 rings (SSSR count).